The maximum Gasteiger partial charge on any atom is 0.354 e. The first-order valence-electron chi connectivity index (χ1n) is 3.97. The van der Waals surface area contributed by atoms with Gasteiger partial charge >= 0.3 is 5.97 Å². The zero-order chi connectivity index (χ0) is 10.6. The fourth-order valence-electron chi connectivity index (χ4n) is 1.07. The Kier molecular flexibility index (Phi) is 3.41. The highest BCUT2D eigenvalue weighted by atomic mass is 16.5. The Hall–Kier alpha value is -1.62. The predicted molar refractivity (Wildman–Crippen MR) is 48.2 cm³/mol. The fraction of sp³-hybridized carbons (Fsp3) is 0.333. The van der Waals surface area contributed by atoms with Gasteiger partial charge in [0, 0.05) is 12.7 Å². The van der Waals surface area contributed by atoms with E-state index in [2.05, 4.69) is 10.1 Å². The van der Waals surface area contributed by atoms with Crippen molar-refractivity contribution >= 4 is 12.3 Å². The molecule has 1 aliphatic heterocycles. The largest absolute Gasteiger partial charge is 0.464 e. The van der Waals surface area contributed by atoms with E-state index in [1.165, 1.54) is 26.4 Å². The second-order valence-corrected chi connectivity index (χ2v) is 2.62. The number of hydrogen-bond donors (Lipinski definition) is 1. The van der Waals surface area contributed by atoms with Crippen molar-refractivity contribution in [1.29, 1.82) is 0 Å². The molecule has 0 fully saturated rings. The molecule has 0 spiro atoms. The Morgan fingerprint density at radius 3 is 2.71 bits per heavy atom. The van der Waals surface area contributed by atoms with E-state index >= 15 is 0 Å². The third-order valence-electron chi connectivity index (χ3n) is 1.81. The Bertz CT molecular complexity index is 306. The van der Waals surface area contributed by atoms with Gasteiger partial charge in [-0.1, -0.05) is 0 Å². The van der Waals surface area contributed by atoms with E-state index in [9.17, 15) is 9.59 Å². The highest BCUT2D eigenvalue weighted by molar-refractivity contribution is 5.89. The van der Waals surface area contributed by atoms with E-state index < -0.39 is 12.2 Å². The molecule has 0 saturated heterocycles. The van der Waals surface area contributed by atoms with E-state index in [0.717, 1.165) is 0 Å². The minimum atomic E-state index is -0.591. The first-order chi connectivity index (χ1) is 6.72. The normalized spacial score (nSPS) is 20.3. The average molecular weight is 197 g/mol. The first kappa shape index (κ1) is 10.5. The van der Waals surface area contributed by atoms with Crippen LogP contribution in [-0.4, -0.2) is 32.7 Å². The summed E-state index contributed by atoms with van der Waals surface area (Å²) in [5, 5.41) is 2.72. The number of carbonyl (C=O) groups excluding carboxylic acids is 2. The van der Waals surface area contributed by atoms with Gasteiger partial charge in [0.05, 0.1) is 7.11 Å². The number of carbonyl (C=O) groups is 2. The molecule has 1 heterocycles. The van der Waals surface area contributed by atoms with Crippen LogP contribution < -0.4 is 5.32 Å². The van der Waals surface area contributed by atoms with E-state index in [0.29, 0.717) is 11.9 Å². The lowest BCUT2D eigenvalue weighted by molar-refractivity contribution is -0.137. The van der Waals surface area contributed by atoms with Crippen molar-refractivity contribution in [2.75, 3.05) is 14.2 Å². The molecule has 1 aliphatic rings. The summed E-state index contributed by atoms with van der Waals surface area (Å²) < 4.78 is 9.47. The van der Waals surface area contributed by atoms with Crippen LogP contribution in [0.5, 0.6) is 0 Å². The molecule has 1 N–H and O–H groups in total. The van der Waals surface area contributed by atoms with Gasteiger partial charge in [-0.25, -0.2) is 4.79 Å². The summed E-state index contributed by atoms with van der Waals surface area (Å²) in [4.78, 5) is 21.6. The Labute approximate surface area is 81.4 Å². The van der Waals surface area contributed by atoms with Crippen LogP contribution in [0, 0.1) is 0 Å². The van der Waals surface area contributed by atoms with Gasteiger partial charge in [-0.15, -0.1) is 0 Å². The molecule has 0 saturated carbocycles. The zero-order valence-electron chi connectivity index (χ0n) is 7.94. The predicted octanol–water partition coefficient (Wildman–Crippen LogP) is -0.256. The summed E-state index contributed by atoms with van der Waals surface area (Å²) in [6.07, 6.45) is 3.08. The van der Waals surface area contributed by atoms with Crippen LogP contribution in [0.15, 0.2) is 23.4 Å². The van der Waals surface area contributed by atoms with Crippen LogP contribution in [0.3, 0.4) is 0 Å². The molecule has 5 heteroatoms. The number of allylic oxidation sites excluding steroid dienone is 2. The summed E-state index contributed by atoms with van der Waals surface area (Å²) in [6.45, 7) is 0. The second kappa shape index (κ2) is 4.57. The van der Waals surface area contributed by atoms with Crippen molar-refractivity contribution < 1.29 is 19.1 Å². The third kappa shape index (κ3) is 2.00. The van der Waals surface area contributed by atoms with Crippen molar-refractivity contribution in [2.24, 2.45) is 0 Å². The quantitative estimate of drug-likeness (QED) is 0.499. The molecule has 1 unspecified atom stereocenters. The second-order valence-electron chi connectivity index (χ2n) is 2.62. The van der Waals surface area contributed by atoms with E-state index in [1.54, 1.807) is 0 Å². The minimum Gasteiger partial charge on any atom is -0.464 e. The Balaban J connectivity index is 2.85. The van der Waals surface area contributed by atoms with Crippen molar-refractivity contribution in [3.8, 4) is 0 Å². The number of dihydropyridines is 1. The fourth-order valence-corrected chi connectivity index (χ4v) is 1.07. The molecular formula is C9H11NO4. The van der Waals surface area contributed by atoms with Crippen LogP contribution in [0.1, 0.15) is 0 Å². The minimum absolute atomic E-state index is 0.268. The van der Waals surface area contributed by atoms with Gasteiger partial charge in [0.1, 0.15) is 5.70 Å². The number of rotatable bonds is 3. The smallest absolute Gasteiger partial charge is 0.354 e. The maximum absolute atomic E-state index is 11.1. The Morgan fingerprint density at radius 2 is 2.21 bits per heavy atom. The van der Waals surface area contributed by atoms with Crippen LogP contribution in [0.25, 0.3) is 0 Å². The standard InChI is InChI=1S/C9H11NO4/c1-13-8-6(5-11)3-4-7(10-8)9(12)14-2/h3-5,8,10H,1-2H3. The van der Waals surface area contributed by atoms with E-state index in [1.807, 2.05) is 0 Å². The number of aldehydes is 1. The van der Waals surface area contributed by atoms with Crippen LogP contribution in [0.4, 0.5) is 0 Å². The lowest BCUT2D eigenvalue weighted by Crippen LogP contribution is -2.37. The maximum atomic E-state index is 11.1. The summed E-state index contributed by atoms with van der Waals surface area (Å²) in [5.41, 5.74) is 0.699. The number of methoxy groups -OCH3 is 2. The lowest BCUT2D eigenvalue weighted by Gasteiger charge is -2.21. The third-order valence-corrected chi connectivity index (χ3v) is 1.81. The Morgan fingerprint density at radius 1 is 1.50 bits per heavy atom. The van der Waals surface area contributed by atoms with Crippen molar-refractivity contribution in [3.05, 3.63) is 23.4 Å². The van der Waals surface area contributed by atoms with E-state index in [4.69, 9.17) is 4.74 Å². The number of hydrogen-bond acceptors (Lipinski definition) is 5. The topological polar surface area (TPSA) is 64.6 Å². The van der Waals surface area contributed by atoms with Gasteiger partial charge in [0.25, 0.3) is 0 Å². The molecule has 0 aromatic rings. The molecule has 0 radical (unpaired) electrons. The van der Waals surface area contributed by atoms with Gasteiger partial charge in [-0.2, -0.15) is 0 Å². The van der Waals surface area contributed by atoms with Crippen molar-refractivity contribution in [3.63, 3.8) is 0 Å². The molecule has 0 bridgehead atoms. The summed E-state index contributed by atoms with van der Waals surface area (Å²) in [5.74, 6) is -0.492. The number of esters is 1. The SMILES string of the molecule is COC(=O)C1=CC=C(C=O)C(OC)N1. The monoisotopic (exact) mass is 197 g/mol. The van der Waals surface area contributed by atoms with E-state index in [-0.39, 0.29) is 5.70 Å². The molecule has 0 aromatic carbocycles. The molecule has 1 atom stereocenters. The van der Waals surface area contributed by atoms with Gasteiger partial charge < -0.3 is 14.8 Å². The van der Waals surface area contributed by atoms with Crippen LogP contribution in [0.2, 0.25) is 0 Å². The van der Waals surface area contributed by atoms with Crippen molar-refractivity contribution in [1.82, 2.24) is 5.32 Å². The molecule has 1 rings (SSSR count). The molecule has 0 aromatic heterocycles. The summed E-state index contributed by atoms with van der Waals surface area (Å²) >= 11 is 0. The molecule has 5 nitrogen and oxygen atoms in total. The first-order valence-corrected chi connectivity index (χ1v) is 3.97. The molecule has 14 heavy (non-hydrogen) atoms. The highest BCUT2D eigenvalue weighted by Crippen LogP contribution is 2.10. The van der Waals surface area contributed by atoms with Crippen LogP contribution >= 0.6 is 0 Å². The number of nitrogens with one attached hydrogen (secondary N) is 1. The lowest BCUT2D eigenvalue weighted by atomic mass is 10.1. The highest BCUT2D eigenvalue weighted by Gasteiger charge is 2.21. The van der Waals surface area contributed by atoms with Crippen LogP contribution in [-0.2, 0) is 19.1 Å². The zero-order valence-corrected chi connectivity index (χ0v) is 7.94. The van der Waals surface area contributed by atoms with Gasteiger partial charge in [0.2, 0.25) is 0 Å². The molecule has 0 aliphatic carbocycles. The summed E-state index contributed by atoms with van der Waals surface area (Å²) in [7, 11) is 2.72. The van der Waals surface area contributed by atoms with Crippen molar-refractivity contribution in [2.45, 2.75) is 6.23 Å². The number of ether oxygens (including phenoxy) is 2. The summed E-state index contributed by atoms with van der Waals surface area (Å²) in [6, 6.07) is 0. The van der Waals surface area contributed by atoms with Gasteiger partial charge in [-0.3, -0.25) is 4.79 Å². The average Bonchev–Trinajstić information content (AvgIpc) is 2.26. The molecular weight excluding hydrogens is 186 g/mol. The van der Waals surface area contributed by atoms with Gasteiger partial charge in [-0.05, 0) is 12.2 Å². The molecule has 76 valence electrons. The van der Waals surface area contributed by atoms with Gasteiger partial charge in [0.15, 0.2) is 12.5 Å². The molecule has 0 amide bonds.